The van der Waals surface area contributed by atoms with E-state index < -0.39 is 12.0 Å². The van der Waals surface area contributed by atoms with Crippen molar-refractivity contribution in [2.24, 2.45) is 5.10 Å². The lowest BCUT2D eigenvalue weighted by molar-refractivity contribution is -0.131. The molecular weight excluding hydrogens is 410 g/mol. The Hall–Kier alpha value is -3.10. The largest absolute Gasteiger partial charge is 0.495 e. The molecule has 2 aromatic rings. The van der Waals surface area contributed by atoms with E-state index in [2.05, 4.69) is 15.8 Å². The van der Waals surface area contributed by atoms with Gasteiger partial charge in [0.25, 0.3) is 5.91 Å². The van der Waals surface area contributed by atoms with Crippen molar-refractivity contribution in [3.63, 3.8) is 0 Å². The number of rotatable bonds is 9. The Labute approximate surface area is 180 Å². The summed E-state index contributed by atoms with van der Waals surface area (Å²) >= 11 is 6.07. The van der Waals surface area contributed by atoms with E-state index in [0.717, 1.165) is 0 Å². The van der Waals surface area contributed by atoms with Crippen LogP contribution in [-0.2, 0) is 14.3 Å². The highest BCUT2D eigenvalue weighted by Gasteiger charge is 2.19. The fourth-order valence-electron chi connectivity index (χ4n) is 2.66. The van der Waals surface area contributed by atoms with Crippen molar-refractivity contribution < 1.29 is 23.8 Å². The van der Waals surface area contributed by atoms with Crippen LogP contribution in [0.2, 0.25) is 5.02 Å². The van der Waals surface area contributed by atoms with Gasteiger partial charge in [-0.15, -0.1) is 0 Å². The van der Waals surface area contributed by atoms with Gasteiger partial charge >= 0.3 is 0 Å². The van der Waals surface area contributed by atoms with Crippen LogP contribution in [0.5, 0.6) is 11.5 Å². The van der Waals surface area contributed by atoms with Crippen molar-refractivity contribution in [2.45, 2.75) is 19.4 Å². The second-order valence-corrected chi connectivity index (χ2v) is 6.67. The number of nitrogens with zero attached hydrogens (tertiary/aromatic N) is 1. The number of halogens is 1. The number of methoxy groups -OCH3 is 3. The van der Waals surface area contributed by atoms with Crippen LogP contribution in [0.3, 0.4) is 0 Å². The summed E-state index contributed by atoms with van der Waals surface area (Å²) < 4.78 is 15.6. The smallest absolute Gasteiger partial charge is 0.273 e. The number of carbonyl (C=O) groups is 2. The monoisotopic (exact) mass is 433 g/mol. The van der Waals surface area contributed by atoms with Crippen molar-refractivity contribution in [1.82, 2.24) is 5.43 Å². The molecule has 0 fully saturated rings. The summed E-state index contributed by atoms with van der Waals surface area (Å²) in [6, 6.07) is 12.2. The predicted molar refractivity (Wildman–Crippen MR) is 115 cm³/mol. The molecule has 0 saturated heterocycles. The Balaban J connectivity index is 2.00. The highest BCUT2D eigenvalue weighted by molar-refractivity contribution is 6.32. The van der Waals surface area contributed by atoms with Crippen LogP contribution in [0.15, 0.2) is 47.6 Å². The Kier molecular flexibility index (Phi) is 8.64. The molecule has 2 N–H and O–H groups in total. The molecule has 0 radical (unpaired) electrons. The molecule has 0 aliphatic rings. The van der Waals surface area contributed by atoms with E-state index in [1.807, 2.05) is 18.2 Å². The minimum absolute atomic E-state index is 0.0443. The number of anilines is 1. The van der Waals surface area contributed by atoms with Crippen LogP contribution in [0.25, 0.3) is 0 Å². The van der Waals surface area contributed by atoms with Gasteiger partial charge in [-0.25, -0.2) is 5.43 Å². The zero-order chi connectivity index (χ0) is 22.1. The number of amides is 2. The van der Waals surface area contributed by atoms with E-state index in [1.54, 1.807) is 31.2 Å². The van der Waals surface area contributed by atoms with Crippen LogP contribution < -0.4 is 20.2 Å². The van der Waals surface area contributed by atoms with Crippen LogP contribution in [0, 0.1) is 0 Å². The quantitative estimate of drug-likeness (QED) is 0.465. The maximum absolute atomic E-state index is 12.4. The summed E-state index contributed by atoms with van der Waals surface area (Å²) in [7, 11) is 4.38. The third-order valence-corrected chi connectivity index (χ3v) is 4.39. The molecule has 0 bridgehead atoms. The third-order valence-electron chi connectivity index (χ3n) is 4.10. The molecule has 2 aromatic carbocycles. The Morgan fingerprint density at radius 1 is 1.07 bits per heavy atom. The summed E-state index contributed by atoms with van der Waals surface area (Å²) in [5.41, 5.74) is 3.94. The Bertz CT molecular complexity index is 918. The molecule has 1 atom stereocenters. The second-order valence-electron chi connectivity index (χ2n) is 6.26. The summed E-state index contributed by atoms with van der Waals surface area (Å²) in [4.78, 5) is 24.7. The Morgan fingerprint density at radius 2 is 1.73 bits per heavy atom. The maximum atomic E-state index is 12.4. The minimum Gasteiger partial charge on any atom is -0.495 e. The normalized spacial score (nSPS) is 12.1. The molecule has 0 heterocycles. The van der Waals surface area contributed by atoms with Crippen molar-refractivity contribution in [2.75, 3.05) is 26.6 Å². The number of hydrogen-bond acceptors (Lipinski definition) is 6. The molecule has 0 aromatic heterocycles. The molecule has 0 aliphatic carbocycles. The lowest BCUT2D eigenvalue weighted by atomic mass is 10.1. The lowest BCUT2D eigenvalue weighted by Gasteiger charge is -2.14. The van der Waals surface area contributed by atoms with Gasteiger partial charge in [0, 0.05) is 25.0 Å². The van der Waals surface area contributed by atoms with E-state index in [4.69, 9.17) is 25.8 Å². The van der Waals surface area contributed by atoms with E-state index in [9.17, 15) is 9.59 Å². The summed E-state index contributed by atoms with van der Waals surface area (Å²) in [6.07, 6.45) is -0.848. The zero-order valence-electron chi connectivity index (χ0n) is 17.2. The molecular formula is C21H24ClN3O5. The molecule has 8 nitrogen and oxygen atoms in total. The van der Waals surface area contributed by atoms with E-state index in [-0.39, 0.29) is 12.3 Å². The fourth-order valence-corrected chi connectivity index (χ4v) is 2.89. The first-order chi connectivity index (χ1) is 14.4. The van der Waals surface area contributed by atoms with Gasteiger partial charge in [0.2, 0.25) is 5.91 Å². The van der Waals surface area contributed by atoms with Gasteiger partial charge < -0.3 is 19.5 Å². The molecule has 9 heteroatoms. The number of hydrazone groups is 1. The van der Waals surface area contributed by atoms with Crippen LogP contribution >= 0.6 is 11.6 Å². The summed E-state index contributed by atoms with van der Waals surface area (Å²) in [5, 5.41) is 7.07. The van der Waals surface area contributed by atoms with Gasteiger partial charge in [-0.1, -0.05) is 41.9 Å². The number of carbonyl (C=O) groups excluding carboxylic acids is 2. The summed E-state index contributed by atoms with van der Waals surface area (Å²) in [5.74, 6) is 0.00636. The third kappa shape index (κ3) is 6.20. The lowest BCUT2D eigenvalue weighted by Crippen LogP contribution is -2.28. The number of benzene rings is 2. The van der Waals surface area contributed by atoms with E-state index in [0.29, 0.717) is 33.5 Å². The van der Waals surface area contributed by atoms with Crippen molar-refractivity contribution in [3.8, 4) is 11.5 Å². The van der Waals surface area contributed by atoms with Crippen LogP contribution in [-0.4, -0.2) is 38.9 Å². The van der Waals surface area contributed by atoms with Crippen molar-refractivity contribution in [1.29, 1.82) is 0 Å². The van der Waals surface area contributed by atoms with Gasteiger partial charge in [-0.05, 0) is 12.5 Å². The highest BCUT2D eigenvalue weighted by Crippen LogP contribution is 2.35. The topological polar surface area (TPSA) is 98.2 Å². The Morgan fingerprint density at radius 3 is 2.33 bits per heavy atom. The number of nitrogens with one attached hydrogen (secondary N) is 2. The molecule has 2 rings (SSSR count). The van der Waals surface area contributed by atoms with Gasteiger partial charge in [0.05, 0.1) is 31.4 Å². The van der Waals surface area contributed by atoms with Crippen molar-refractivity contribution in [3.05, 3.63) is 53.1 Å². The predicted octanol–water partition coefficient (Wildman–Crippen LogP) is 3.57. The number of ether oxygens (including phenoxy) is 3. The summed E-state index contributed by atoms with van der Waals surface area (Å²) in [6.45, 7) is 1.63. The van der Waals surface area contributed by atoms with Gasteiger partial charge in [-0.3, -0.25) is 9.59 Å². The molecule has 2 amide bonds. The van der Waals surface area contributed by atoms with Crippen LogP contribution in [0.1, 0.15) is 25.0 Å². The van der Waals surface area contributed by atoms with Crippen molar-refractivity contribution >= 4 is 34.8 Å². The SMILES string of the molecule is COc1cc(NC(=O)C/C(C)=N\NC(=O)[C@H](OC)c2ccccc2)c(OC)cc1Cl. The molecule has 0 aliphatic heterocycles. The molecule has 0 saturated carbocycles. The standard InChI is InChI=1S/C21H24ClN3O5/c1-13(24-25-21(27)20(30-4)14-8-6-5-7-9-14)10-19(26)23-16-12-17(28-2)15(22)11-18(16)29-3/h5-9,11-12,20H,10H2,1-4H3,(H,23,26)(H,25,27)/b24-13-/t20-/m1/s1. The molecule has 0 spiro atoms. The van der Waals surface area contributed by atoms with E-state index >= 15 is 0 Å². The van der Waals surface area contributed by atoms with Gasteiger partial charge in [-0.2, -0.15) is 5.10 Å². The fraction of sp³-hybridized carbons (Fsp3) is 0.286. The first-order valence-corrected chi connectivity index (χ1v) is 9.39. The van der Waals surface area contributed by atoms with Crippen LogP contribution in [0.4, 0.5) is 5.69 Å². The average molecular weight is 434 g/mol. The number of hydrogen-bond donors (Lipinski definition) is 2. The highest BCUT2D eigenvalue weighted by atomic mass is 35.5. The first-order valence-electron chi connectivity index (χ1n) is 9.01. The average Bonchev–Trinajstić information content (AvgIpc) is 2.74. The van der Waals surface area contributed by atoms with Gasteiger partial charge in [0.1, 0.15) is 11.5 Å². The molecule has 30 heavy (non-hydrogen) atoms. The first kappa shape index (κ1) is 23.2. The van der Waals surface area contributed by atoms with Gasteiger partial charge in [0.15, 0.2) is 6.10 Å². The second kappa shape index (κ2) is 11.2. The minimum atomic E-state index is -0.803. The van der Waals surface area contributed by atoms with E-state index in [1.165, 1.54) is 21.3 Å². The molecule has 0 unspecified atom stereocenters. The molecule has 160 valence electrons. The maximum Gasteiger partial charge on any atom is 0.273 e. The zero-order valence-corrected chi connectivity index (χ0v) is 17.9.